The van der Waals surface area contributed by atoms with Gasteiger partial charge in [-0.2, -0.15) is 0 Å². The standard InChI is InChI=1S/C12H13N3O/c1-2-6-15-8-10(11(13)16)7-9-4-3-5-14-12(9)15/h1,4-5,8,12H,3,6-7H2,(H2,13,16). The van der Waals surface area contributed by atoms with Crippen LogP contribution in [0.15, 0.2) is 28.4 Å². The Kier molecular flexibility index (Phi) is 2.78. The summed E-state index contributed by atoms with van der Waals surface area (Å²) in [6.45, 7) is 0.427. The molecular weight excluding hydrogens is 202 g/mol. The number of allylic oxidation sites excluding steroid dienone is 1. The zero-order valence-electron chi connectivity index (χ0n) is 8.89. The first-order valence-electron chi connectivity index (χ1n) is 5.12. The van der Waals surface area contributed by atoms with E-state index in [1.54, 1.807) is 6.20 Å². The fourth-order valence-electron chi connectivity index (χ4n) is 1.95. The van der Waals surface area contributed by atoms with Gasteiger partial charge in [0, 0.05) is 30.8 Å². The van der Waals surface area contributed by atoms with E-state index < -0.39 is 5.91 Å². The SMILES string of the molecule is C#CCN1C=C(C(N)=O)CC2=CCC=NC21. The fraction of sp³-hybridized carbons (Fsp3) is 0.333. The topological polar surface area (TPSA) is 58.7 Å². The number of terminal acetylenes is 1. The van der Waals surface area contributed by atoms with Crippen LogP contribution in [0.5, 0.6) is 0 Å². The van der Waals surface area contributed by atoms with Gasteiger partial charge >= 0.3 is 0 Å². The average molecular weight is 215 g/mol. The molecule has 2 aliphatic heterocycles. The number of primary amides is 1. The largest absolute Gasteiger partial charge is 0.366 e. The maximum absolute atomic E-state index is 11.2. The number of rotatable bonds is 2. The summed E-state index contributed by atoms with van der Waals surface area (Å²) in [7, 11) is 0. The van der Waals surface area contributed by atoms with Gasteiger partial charge in [-0.1, -0.05) is 12.0 Å². The second-order valence-electron chi connectivity index (χ2n) is 3.79. The van der Waals surface area contributed by atoms with Crippen LogP contribution in [0.3, 0.4) is 0 Å². The van der Waals surface area contributed by atoms with E-state index in [1.165, 1.54) is 0 Å². The van der Waals surface area contributed by atoms with Crippen LogP contribution in [-0.2, 0) is 4.79 Å². The highest BCUT2D eigenvalue weighted by Gasteiger charge is 2.27. The lowest BCUT2D eigenvalue weighted by Crippen LogP contribution is -2.38. The molecule has 0 aromatic heterocycles. The molecule has 4 heteroatoms. The third-order valence-corrected chi connectivity index (χ3v) is 2.68. The number of dihydropyridines is 1. The van der Waals surface area contributed by atoms with Crippen LogP contribution >= 0.6 is 0 Å². The van der Waals surface area contributed by atoms with E-state index in [2.05, 4.69) is 17.0 Å². The summed E-state index contributed by atoms with van der Waals surface area (Å²) in [5.74, 6) is 2.17. The number of aliphatic imine (C=N–C) groups is 1. The lowest BCUT2D eigenvalue weighted by Gasteiger charge is -2.34. The molecule has 4 nitrogen and oxygen atoms in total. The van der Waals surface area contributed by atoms with Crippen LogP contribution in [-0.4, -0.2) is 29.7 Å². The highest BCUT2D eigenvalue weighted by molar-refractivity contribution is 5.92. The summed E-state index contributed by atoms with van der Waals surface area (Å²) in [6, 6.07) is 0. The summed E-state index contributed by atoms with van der Waals surface area (Å²) in [5.41, 5.74) is 6.99. The zero-order valence-corrected chi connectivity index (χ0v) is 8.89. The lowest BCUT2D eigenvalue weighted by molar-refractivity contribution is -0.114. The van der Waals surface area contributed by atoms with Gasteiger partial charge in [0.25, 0.3) is 0 Å². The molecule has 0 bridgehead atoms. The van der Waals surface area contributed by atoms with Crippen molar-refractivity contribution in [3.05, 3.63) is 23.4 Å². The Bertz CT molecular complexity index is 440. The van der Waals surface area contributed by atoms with E-state index in [0.29, 0.717) is 18.5 Å². The normalized spacial score (nSPS) is 22.9. The minimum absolute atomic E-state index is 0.0482. The molecule has 82 valence electrons. The average Bonchev–Trinajstić information content (AvgIpc) is 2.29. The Labute approximate surface area is 94.5 Å². The number of hydrogen-bond acceptors (Lipinski definition) is 3. The van der Waals surface area contributed by atoms with Gasteiger partial charge in [0.2, 0.25) is 5.91 Å². The molecule has 2 N–H and O–H groups in total. The van der Waals surface area contributed by atoms with Crippen LogP contribution in [0.4, 0.5) is 0 Å². The second kappa shape index (κ2) is 4.23. The van der Waals surface area contributed by atoms with Crippen molar-refractivity contribution in [2.24, 2.45) is 10.7 Å². The Hall–Kier alpha value is -2.02. The smallest absolute Gasteiger partial charge is 0.246 e. The molecule has 0 aliphatic carbocycles. The second-order valence-corrected chi connectivity index (χ2v) is 3.79. The van der Waals surface area contributed by atoms with Gasteiger partial charge in [0.15, 0.2) is 0 Å². The molecule has 2 aliphatic rings. The van der Waals surface area contributed by atoms with Gasteiger partial charge in [-0.25, -0.2) is 0 Å². The highest BCUT2D eigenvalue weighted by Crippen LogP contribution is 2.28. The molecule has 0 spiro atoms. The van der Waals surface area contributed by atoms with Crippen LogP contribution < -0.4 is 5.73 Å². The van der Waals surface area contributed by atoms with Crippen LogP contribution in [0.2, 0.25) is 0 Å². The van der Waals surface area contributed by atoms with Crippen LogP contribution in [0.25, 0.3) is 0 Å². The molecule has 1 atom stereocenters. The molecule has 2 heterocycles. The van der Waals surface area contributed by atoms with Crippen molar-refractivity contribution in [1.82, 2.24) is 4.90 Å². The van der Waals surface area contributed by atoms with Crippen molar-refractivity contribution in [1.29, 1.82) is 0 Å². The van der Waals surface area contributed by atoms with Crippen molar-refractivity contribution < 1.29 is 4.79 Å². The van der Waals surface area contributed by atoms with Gasteiger partial charge in [-0.15, -0.1) is 6.42 Å². The maximum atomic E-state index is 11.2. The van der Waals surface area contributed by atoms with E-state index in [-0.39, 0.29) is 6.17 Å². The number of nitrogens with two attached hydrogens (primary N) is 1. The van der Waals surface area contributed by atoms with E-state index in [1.807, 2.05) is 11.1 Å². The molecule has 1 unspecified atom stereocenters. The number of hydrogen-bond donors (Lipinski definition) is 1. The van der Waals surface area contributed by atoms with Crippen molar-refractivity contribution in [2.45, 2.75) is 19.0 Å². The summed E-state index contributed by atoms with van der Waals surface area (Å²) in [5, 5.41) is 0. The fourth-order valence-corrected chi connectivity index (χ4v) is 1.95. The van der Waals surface area contributed by atoms with Gasteiger partial charge < -0.3 is 10.6 Å². The van der Waals surface area contributed by atoms with E-state index in [0.717, 1.165) is 12.0 Å². The molecule has 0 aromatic rings. The minimum atomic E-state index is -0.393. The van der Waals surface area contributed by atoms with Crippen molar-refractivity contribution in [3.63, 3.8) is 0 Å². The summed E-state index contributed by atoms with van der Waals surface area (Å²) >= 11 is 0. The first kappa shape index (κ1) is 10.5. The van der Waals surface area contributed by atoms with Crippen molar-refractivity contribution in [2.75, 3.05) is 6.54 Å². The molecule has 0 fully saturated rings. The number of carbonyl (C=O) groups excluding carboxylic acids is 1. The molecule has 16 heavy (non-hydrogen) atoms. The molecule has 0 saturated carbocycles. The monoisotopic (exact) mass is 215 g/mol. The van der Waals surface area contributed by atoms with Gasteiger partial charge in [-0.05, 0) is 5.57 Å². The molecule has 0 aromatic carbocycles. The predicted octanol–water partition coefficient (Wildman–Crippen LogP) is 0.422. The molecule has 0 radical (unpaired) electrons. The first-order chi connectivity index (χ1) is 7.72. The summed E-state index contributed by atoms with van der Waals surface area (Å²) in [6.07, 6.45) is 12.3. The van der Waals surface area contributed by atoms with Gasteiger partial charge in [0.1, 0.15) is 6.17 Å². The lowest BCUT2D eigenvalue weighted by atomic mass is 9.96. The van der Waals surface area contributed by atoms with Crippen molar-refractivity contribution in [3.8, 4) is 12.3 Å². The maximum Gasteiger partial charge on any atom is 0.246 e. The molecule has 2 rings (SSSR count). The minimum Gasteiger partial charge on any atom is -0.366 e. The van der Waals surface area contributed by atoms with E-state index >= 15 is 0 Å². The number of fused-ring (bicyclic) bond motifs is 1. The van der Waals surface area contributed by atoms with Crippen LogP contribution in [0, 0.1) is 12.3 Å². The zero-order chi connectivity index (χ0) is 11.5. The third-order valence-electron chi connectivity index (χ3n) is 2.68. The summed E-state index contributed by atoms with van der Waals surface area (Å²) in [4.78, 5) is 17.4. The van der Waals surface area contributed by atoms with E-state index in [9.17, 15) is 4.79 Å². The Morgan fingerprint density at radius 2 is 2.56 bits per heavy atom. The molecule has 1 amide bonds. The molecule has 0 saturated heterocycles. The Morgan fingerprint density at radius 1 is 1.75 bits per heavy atom. The number of carbonyl (C=O) groups is 1. The third kappa shape index (κ3) is 1.84. The highest BCUT2D eigenvalue weighted by atomic mass is 16.1. The molecular formula is C12H13N3O. The quantitative estimate of drug-likeness (QED) is 0.536. The predicted molar refractivity (Wildman–Crippen MR) is 62.4 cm³/mol. The Morgan fingerprint density at radius 3 is 3.25 bits per heavy atom. The van der Waals surface area contributed by atoms with Gasteiger partial charge in [-0.3, -0.25) is 9.79 Å². The van der Waals surface area contributed by atoms with Crippen LogP contribution in [0.1, 0.15) is 12.8 Å². The number of amides is 1. The van der Waals surface area contributed by atoms with Gasteiger partial charge in [0.05, 0.1) is 6.54 Å². The number of nitrogens with zero attached hydrogens (tertiary/aromatic N) is 2. The Balaban J connectivity index is 2.32. The van der Waals surface area contributed by atoms with E-state index in [4.69, 9.17) is 12.2 Å². The van der Waals surface area contributed by atoms with Crippen molar-refractivity contribution >= 4 is 12.1 Å². The summed E-state index contributed by atoms with van der Waals surface area (Å²) < 4.78 is 0. The first-order valence-corrected chi connectivity index (χ1v) is 5.12.